The van der Waals surface area contributed by atoms with E-state index in [9.17, 15) is 0 Å². The SMILES string of the molecule is C=C1CCN(c2ccc(N)nn2)CC1. The van der Waals surface area contributed by atoms with E-state index in [2.05, 4.69) is 21.7 Å². The number of hydrogen-bond acceptors (Lipinski definition) is 4. The van der Waals surface area contributed by atoms with E-state index in [1.807, 2.05) is 6.07 Å². The van der Waals surface area contributed by atoms with Crippen LogP contribution in [0.3, 0.4) is 0 Å². The van der Waals surface area contributed by atoms with Gasteiger partial charge in [0.25, 0.3) is 0 Å². The fourth-order valence-corrected chi connectivity index (χ4v) is 1.56. The van der Waals surface area contributed by atoms with Crippen molar-refractivity contribution in [2.24, 2.45) is 0 Å². The van der Waals surface area contributed by atoms with Crippen LogP contribution in [0.15, 0.2) is 24.3 Å². The minimum atomic E-state index is 0.468. The Kier molecular flexibility index (Phi) is 2.35. The zero-order chi connectivity index (χ0) is 9.97. The van der Waals surface area contributed by atoms with Gasteiger partial charge in [0.2, 0.25) is 0 Å². The second kappa shape index (κ2) is 3.65. The van der Waals surface area contributed by atoms with Crippen molar-refractivity contribution < 1.29 is 0 Å². The zero-order valence-electron chi connectivity index (χ0n) is 8.11. The van der Waals surface area contributed by atoms with Crippen molar-refractivity contribution in [3.05, 3.63) is 24.3 Å². The number of anilines is 2. The fraction of sp³-hybridized carbons (Fsp3) is 0.400. The molecule has 0 amide bonds. The van der Waals surface area contributed by atoms with Gasteiger partial charge in [-0.15, -0.1) is 10.2 Å². The van der Waals surface area contributed by atoms with Crippen LogP contribution in [0.4, 0.5) is 11.6 Å². The van der Waals surface area contributed by atoms with E-state index in [0.717, 1.165) is 31.7 Å². The van der Waals surface area contributed by atoms with E-state index < -0.39 is 0 Å². The van der Waals surface area contributed by atoms with Gasteiger partial charge in [-0.1, -0.05) is 12.2 Å². The highest BCUT2D eigenvalue weighted by Gasteiger charge is 2.13. The molecule has 0 saturated carbocycles. The summed E-state index contributed by atoms with van der Waals surface area (Å²) in [6.45, 7) is 5.94. The van der Waals surface area contributed by atoms with Crippen molar-refractivity contribution in [2.75, 3.05) is 23.7 Å². The van der Waals surface area contributed by atoms with Crippen molar-refractivity contribution in [3.63, 3.8) is 0 Å². The Morgan fingerprint density at radius 2 is 1.93 bits per heavy atom. The molecule has 0 aliphatic carbocycles. The van der Waals surface area contributed by atoms with E-state index in [1.54, 1.807) is 6.07 Å². The van der Waals surface area contributed by atoms with E-state index in [4.69, 9.17) is 5.73 Å². The molecule has 1 aliphatic heterocycles. The first kappa shape index (κ1) is 8.99. The summed E-state index contributed by atoms with van der Waals surface area (Å²) in [6.07, 6.45) is 2.10. The molecule has 2 heterocycles. The lowest BCUT2D eigenvalue weighted by atomic mass is 10.1. The van der Waals surface area contributed by atoms with Crippen molar-refractivity contribution >= 4 is 11.6 Å². The quantitative estimate of drug-likeness (QED) is 0.676. The van der Waals surface area contributed by atoms with Gasteiger partial charge in [0.1, 0.15) is 5.82 Å². The van der Waals surface area contributed by atoms with E-state index in [1.165, 1.54) is 5.57 Å². The summed E-state index contributed by atoms with van der Waals surface area (Å²) in [5.41, 5.74) is 6.80. The maximum Gasteiger partial charge on any atom is 0.151 e. The summed E-state index contributed by atoms with van der Waals surface area (Å²) in [4.78, 5) is 2.21. The molecule has 4 heteroatoms. The zero-order valence-corrected chi connectivity index (χ0v) is 8.11. The average Bonchev–Trinajstić information content (AvgIpc) is 2.21. The molecule has 2 N–H and O–H groups in total. The van der Waals surface area contributed by atoms with Crippen LogP contribution >= 0.6 is 0 Å². The van der Waals surface area contributed by atoms with Gasteiger partial charge in [-0.3, -0.25) is 0 Å². The molecule has 1 aromatic rings. The molecule has 2 rings (SSSR count). The number of rotatable bonds is 1. The third-order valence-electron chi connectivity index (χ3n) is 2.47. The lowest BCUT2D eigenvalue weighted by Crippen LogP contribution is -2.31. The molecule has 0 bridgehead atoms. The highest BCUT2D eigenvalue weighted by molar-refractivity contribution is 5.42. The predicted molar refractivity (Wildman–Crippen MR) is 57.0 cm³/mol. The molecule has 0 atom stereocenters. The normalized spacial score (nSPS) is 17.1. The Morgan fingerprint density at radius 1 is 1.21 bits per heavy atom. The largest absolute Gasteiger partial charge is 0.382 e. The van der Waals surface area contributed by atoms with Gasteiger partial charge in [-0.05, 0) is 25.0 Å². The third-order valence-corrected chi connectivity index (χ3v) is 2.47. The summed E-state index contributed by atoms with van der Waals surface area (Å²) in [7, 11) is 0. The lowest BCUT2D eigenvalue weighted by Gasteiger charge is -2.28. The molecule has 0 radical (unpaired) electrons. The van der Waals surface area contributed by atoms with Gasteiger partial charge >= 0.3 is 0 Å². The second-order valence-electron chi connectivity index (χ2n) is 3.55. The molecule has 1 fully saturated rings. The average molecular weight is 190 g/mol. The van der Waals surface area contributed by atoms with Gasteiger partial charge in [-0.2, -0.15) is 0 Å². The van der Waals surface area contributed by atoms with Crippen LogP contribution in [0, 0.1) is 0 Å². The maximum atomic E-state index is 5.47. The lowest BCUT2D eigenvalue weighted by molar-refractivity contribution is 0.674. The smallest absolute Gasteiger partial charge is 0.151 e. The van der Waals surface area contributed by atoms with Crippen LogP contribution in [-0.2, 0) is 0 Å². The number of hydrogen-bond donors (Lipinski definition) is 1. The van der Waals surface area contributed by atoms with E-state index in [0.29, 0.717) is 5.82 Å². The van der Waals surface area contributed by atoms with Crippen LogP contribution in [-0.4, -0.2) is 23.3 Å². The predicted octanol–water partition coefficient (Wildman–Crippen LogP) is 1.22. The van der Waals surface area contributed by atoms with Crippen LogP contribution in [0.1, 0.15) is 12.8 Å². The first-order valence-electron chi connectivity index (χ1n) is 4.76. The van der Waals surface area contributed by atoms with Gasteiger partial charge in [0.05, 0.1) is 0 Å². The minimum Gasteiger partial charge on any atom is -0.382 e. The molecule has 0 unspecified atom stereocenters. The van der Waals surface area contributed by atoms with Gasteiger partial charge in [-0.25, -0.2) is 0 Å². The van der Waals surface area contributed by atoms with Crippen molar-refractivity contribution in [3.8, 4) is 0 Å². The van der Waals surface area contributed by atoms with Crippen LogP contribution in [0.5, 0.6) is 0 Å². The number of piperidine rings is 1. The van der Waals surface area contributed by atoms with Gasteiger partial charge in [0.15, 0.2) is 5.82 Å². The van der Waals surface area contributed by atoms with Crippen LogP contribution in [0.25, 0.3) is 0 Å². The molecule has 74 valence electrons. The summed E-state index contributed by atoms with van der Waals surface area (Å²) in [5.74, 6) is 1.38. The molecule has 1 aromatic heterocycles. The fourth-order valence-electron chi connectivity index (χ4n) is 1.56. The Morgan fingerprint density at radius 3 is 2.50 bits per heavy atom. The first-order valence-corrected chi connectivity index (χ1v) is 4.76. The number of nitrogen functional groups attached to an aromatic ring is 1. The van der Waals surface area contributed by atoms with E-state index in [-0.39, 0.29) is 0 Å². The molecule has 0 aromatic carbocycles. The summed E-state index contributed by atoms with van der Waals surface area (Å²) < 4.78 is 0. The van der Waals surface area contributed by atoms with Crippen LogP contribution in [0.2, 0.25) is 0 Å². The van der Waals surface area contributed by atoms with E-state index >= 15 is 0 Å². The van der Waals surface area contributed by atoms with Gasteiger partial charge in [0, 0.05) is 13.1 Å². The summed E-state index contributed by atoms with van der Waals surface area (Å²) >= 11 is 0. The standard InChI is InChI=1S/C10H14N4/c1-8-4-6-14(7-5-8)10-3-2-9(11)12-13-10/h2-3H,1,4-7H2,(H2,11,12). The monoisotopic (exact) mass is 190 g/mol. The Balaban J connectivity index is 2.08. The Labute approximate surface area is 83.4 Å². The first-order chi connectivity index (χ1) is 6.75. The molecule has 4 nitrogen and oxygen atoms in total. The second-order valence-corrected chi connectivity index (χ2v) is 3.55. The molecule has 14 heavy (non-hydrogen) atoms. The Hall–Kier alpha value is -1.58. The number of aromatic nitrogens is 2. The highest BCUT2D eigenvalue weighted by atomic mass is 15.3. The summed E-state index contributed by atoms with van der Waals surface area (Å²) in [5, 5.41) is 7.89. The van der Waals surface area contributed by atoms with Gasteiger partial charge < -0.3 is 10.6 Å². The molecule has 0 spiro atoms. The van der Waals surface area contributed by atoms with Crippen molar-refractivity contribution in [1.82, 2.24) is 10.2 Å². The molecular weight excluding hydrogens is 176 g/mol. The molecule has 1 saturated heterocycles. The number of nitrogens with zero attached hydrogens (tertiary/aromatic N) is 3. The van der Waals surface area contributed by atoms with Crippen molar-refractivity contribution in [2.45, 2.75) is 12.8 Å². The minimum absolute atomic E-state index is 0.468. The number of nitrogens with two attached hydrogens (primary N) is 1. The third kappa shape index (κ3) is 1.84. The van der Waals surface area contributed by atoms with Crippen LogP contribution < -0.4 is 10.6 Å². The topological polar surface area (TPSA) is 55.0 Å². The highest BCUT2D eigenvalue weighted by Crippen LogP contribution is 2.19. The Bertz CT molecular complexity index is 320. The molecular formula is C10H14N4. The maximum absolute atomic E-state index is 5.47. The summed E-state index contributed by atoms with van der Waals surface area (Å²) in [6, 6.07) is 3.70. The van der Waals surface area contributed by atoms with Crippen molar-refractivity contribution in [1.29, 1.82) is 0 Å². The molecule has 1 aliphatic rings.